The van der Waals surface area contributed by atoms with Gasteiger partial charge >= 0.3 is 12.1 Å². The maximum atomic E-state index is 13.2. The molecule has 0 saturated heterocycles. The summed E-state index contributed by atoms with van der Waals surface area (Å²) in [5.41, 5.74) is 8.12. The summed E-state index contributed by atoms with van der Waals surface area (Å²) in [5.74, 6) is -0.323. The van der Waals surface area contributed by atoms with Gasteiger partial charge in [-0.2, -0.15) is 0 Å². The molecule has 0 saturated carbocycles. The fourth-order valence-electron chi connectivity index (χ4n) is 3.45. The molecule has 1 aliphatic heterocycles. The van der Waals surface area contributed by atoms with E-state index in [2.05, 4.69) is 27.6 Å². The zero-order valence-corrected chi connectivity index (χ0v) is 20.9. The van der Waals surface area contributed by atoms with E-state index in [1.807, 2.05) is 6.26 Å². The standard InChI is InChI=1S/C20H35N9O4S/c1-5-6-7-11-33-20(32)28-14-15(27(2)3)24-12-25-16(14)29(19(28)34-4)26-13(17(30)31)9-8-10-23-18(21)22/h12-13,19,26H,5-11H2,1-4H3,(H,30,31)(H4,21,22,23)/t13-,19?/m1/s1. The average Bonchev–Trinajstić information content (AvgIpc) is 3.11. The van der Waals surface area contributed by atoms with Gasteiger partial charge in [-0.05, 0) is 25.5 Å². The van der Waals surface area contributed by atoms with Gasteiger partial charge in [0, 0.05) is 20.6 Å². The number of nitrogens with zero attached hydrogens (tertiary/aromatic N) is 5. The van der Waals surface area contributed by atoms with Gasteiger partial charge in [0.25, 0.3) is 0 Å². The second-order valence-corrected chi connectivity index (χ2v) is 8.78. The third-order valence-corrected chi connectivity index (χ3v) is 5.92. The highest BCUT2D eigenvalue weighted by atomic mass is 32.2. The molecule has 2 heterocycles. The average molecular weight is 498 g/mol. The number of ether oxygens (including phenoxy) is 1. The second kappa shape index (κ2) is 13.0. The quantitative estimate of drug-likeness (QED) is 0.151. The van der Waals surface area contributed by atoms with E-state index >= 15 is 0 Å². The summed E-state index contributed by atoms with van der Waals surface area (Å²) < 4.78 is 5.54. The van der Waals surface area contributed by atoms with Crippen LogP contribution < -0.4 is 31.3 Å². The number of aromatic nitrogens is 2. The zero-order valence-electron chi connectivity index (χ0n) is 20.1. The molecule has 2 atom stereocenters. The van der Waals surface area contributed by atoms with Gasteiger partial charge in [0.05, 0.1) is 6.61 Å². The molecule has 1 aromatic rings. The first kappa shape index (κ1) is 27.2. The van der Waals surface area contributed by atoms with Crippen LogP contribution >= 0.6 is 11.8 Å². The zero-order chi connectivity index (χ0) is 25.3. The summed E-state index contributed by atoms with van der Waals surface area (Å²) in [4.78, 5) is 37.1. The highest BCUT2D eigenvalue weighted by molar-refractivity contribution is 7.99. The predicted molar refractivity (Wildman–Crippen MR) is 133 cm³/mol. The Morgan fingerprint density at radius 2 is 2.09 bits per heavy atom. The van der Waals surface area contributed by atoms with Crippen LogP contribution in [-0.2, 0) is 9.53 Å². The van der Waals surface area contributed by atoms with Gasteiger partial charge in [-0.15, -0.1) is 11.8 Å². The van der Waals surface area contributed by atoms with Crippen LogP contribution in [0.25, 0.3) is 0 Å². The van der Waals surface area contributed by atoms with Crippen molar-refractivity contribution in [3.8, 4) is 0 Å². The van der Waals surface area contributed by atoms with E-state index in [-0.39, 0.29) is 12.4 Å². The monoisotopic (exact) mass is 497 g/mol. The summed E-state index contributed by atoms with van der Waals surface area (Å²) >= 11 is 1.34. The van der Waals surface area contributed by atoms with Crippen molar-refractivity contribution in [2.24, 2.45) is 5.73 Å². The Kier molecular flexibility index (Phi) is 10.4. The maximum absolute atomic E-state index is 13.2. The highest BCUT2D eigenvalue weighted by Crippen LogP contribution is 2.45. The fraction of sp³-hybridized carbons (Fsp3) is 0.650. The number of hydrogen-bond acceptors (Lipinski definition) is 10. The number of amides is 1. The van der Waals surface area contributed by atoms with Crippen molar-refractivity contribution in [1.82, 2.24) is 20.7 Å². The molecular weight excluding hydrogens is 462 g/mol. The Bertz CT molecular complexity index is 857. The van der Waals surface area contributed by atoms with Crippen LogP contribution in [0.15, 0.2) is 6.33 Å². The minimum Gasteiger partial charge on any atom is -0.480 e. The number of fused-ring (bicyclic) bond motifs is 1. The number of thioether (sulfide) groups is 1. The van der Waals surface area contributed by atoms with Crippen molar-refractivity contribution in [1.29, 1.82) is 5.41 Å². The second-order valence-electron chi connectivity index (χ2n) is 7.89. The molecule has 14 heteroatoms. The van der Waals surface area contributed by atoms with Crippen LogP contribution in [0.4, 0.5) is 22.1 Å². The van der Waals surface area contributed by atoms with Gasteiger partial charge in [0.2, 0.25) is 0 Å². The first-order chi connectivity index (χ1) is 16.2. The number of carbonyl (C=O) groups is 2. The molecule has 0 radical (unpaired) electrons. The molecular formula is C20H35N9O4S. The molecule has 0 bridgehead atoms. The van der Waals surface area contributed by atoms with Gasteiger partial charge in [-0.3, -0.25) is 15.2 Å². The van der Waals surface area contributed by atoms with Crippen molar-refractivity contribution >= 4 is 47.1 Å². The van der Waals surface area contributed by atoms with E-state index in [0.717, 1.165) is 19.3 Å². The predicted octanol–water partition coefficient (Wildman–Crippen LogP) is 1.36. The lowest BCUT2D eigenvalue weighted by atomic mass is 10.1. The highest BCUT2D eigenvalue weighted by Gasteiger charge is 2.45. The first-order valence-corrected chi connectivity index (χ1v) is 12.4. The molecule has 190 valence electrons. The smallest absolute Gasteiger partial charge is 0.417 e. The molecule has 1 amide bonds. The van der Waals surface area contributed by atoms with Gasteiger partial charge in [-0.25, -0.2) is 25.1 Å². The third kappa shape index (κ3) is 6.76. The van der Waals surface area contributed by atoms with E-state index < -0.39 is 23.6 Å². The Morgan fingerprint density at radius 1 is 1.35 bits per heavy atom. The molecule has 0 aliphatic carbocycles. The lowest BCUT2D eigenvalue weighted by Crippen LogP contribution is -2.55. The van der Waals surface area contributed by atoms with Crippen LogP contribution in [0.1, 0.15) is 39.0 Å². The lowest BCUT2D eigenvalue weighted by molar-refractivity contribution is -0.139. The molecule has 0 spiro atoms. The van der Waals surface area contributed by atoms with Gasteiger partial charge in [0.15, 0.2) is 23.1 Å². The summed E-state index contributed by atoms with van der Waals surface area (Å²) in [6.07, 6.45) is 6.09. The number of hydrogen-bond donors (Lipinski definition) is 5. The summed E-state index contributed by atoms with van der Waals surface area (Å²) in [7, 11) is 3.61. The Morgan fingerprint density at radius 3 is 2.68 bits per heavy atom. The van der Waals surface area contributed by atoms with Crippen molar-refractivity contribution in [3.05, 3.63) is 6.33 Å². The summed E-state index contributed by atoms with van der Waals surface area (Å²) in [6, 6.07) is -0.963. The SMILES string of the molecule is CCCCCOC(=O)N1c2c(N(C)C)ncnc2N(N[C@H](CCCNC(=N)N)C(=O)O)C1SC. The minimum atomic E-state index is -1.05. The van der Waals surface area contributed by atoms with Crippen molar-refractivity contribution < 1.29 is 19.4 Å². The fourth-order valence-corrected chi connectivity index (χ4v) is 4.22. The molecule has 1 unspecified atom stereocenters. The Labute approximate surface area is 203 Å². The number of nitrogens with one attached hydrogen (secondary N) is 3. The summed E-state index contributed by atoms with van der Waals surface area (Å²) in [5, 5.41) is 21.3. The normalized spacial score (nSPS) is 15.6. The number of carboxylic acid groups (broad SMARTS) is 1. The van der Waals surface area contributed by atoms with Crippen LogP contribution in [0.3, 0.4) is 0 Å². The molecule has 1 aliphatic rings. The Balaban J connectivity index is 2.33. The van der Waals surface area contributed by atoms with Gasteiger partial charge in [-0.1, -0.05) is 19.8 Å². The van der Waals surface area contributed by atoms with E-state index in [0.29, 0.717) is 36.9 Å². The van der Waals surface area contributed by atoms with E-state index in [4.69, 9.17) is 15.9 Å². The lowest BCUT2D eigenvalue weighted by Gasteiger charge is -2.31. The van der Waals surface area contributed by atoms with E-state index in [1.54, 1.807) is 24.0 Å². The third-order valence-electron chi connectivity index (χ3n) is 5.08. The Hall–Kier alpha value is -3.00. The number of carbonyl (C=O) groups excluding carboxylic acids is 1. The number of anilines is 3. The van der Waals surface area contributed by atoms with Crippen molar-refractivity contribution in [2.75, 3.05) is 48.3 Å². The van der Waals surface area contributed by atoms with Crippen LogP contribution in [-0.4, -0.2) is 78.1 Å². The minimum absolute atomic E-state index is 0.170. The van der Waals surface area contributed by atoms with Crippen molar-refractivity contribution in [2.45, 2.75) is 50.6 Å². The summed E-state index contributed by atoms with van der Waals surface area (Å²) in [6.45, 7) is 2.73. The number of carboxylic acids is 1. The molecule has 6 N–H and O–H groups in total. The van der Waals surface area contributed by atoms with Gasteiger partial charge < -0.3 is 25.8 Å². The number of nitrogens with two attached hydrogens (primary N) is 1. The van der Waals surface area contributed by atoms with Crippen LogP contribution in [0.5, 0.6) is 0 Å². The first-order valence-electron chi connectivity index (χ1n) is 11.1. The molecule has 0 fully saturated rings. The molecule has 0 aromatic carbocycles. The number of aliphatic carboxylic acids is 1. The van der Waals surface area contributed by atoms with E-state index in [1.165, 1.54) is 23.0 Å². The maximum Gasteiger partial charge on any atom is 0.417 e. The topological polar surface area (TPSA) is 173 Å². The number of hydrazine groups is 1. The molecule has 1 aromatic heterocycles. The number of unbranched alkanes of at least 4 members (excludes halogenated alkanes) is 2. The molecule has 13 nitrogen and oxygen atoms in total. The number of guanidine groups is 1. The van der Waals surface area contributed by atoms with Crippen molar-refractivity contribution in [3.63, 3.8) is 0 Å². The van der Waals surface area contributed by atoms with E-state index in [9.17, 15) is 14.7 Å². The van der Waals surface area contributed by atoms with Crippen LogP contribution in [0.2, 0.25) is 0 Å². The largest absolute Gasteiger partial charge is 0.480 e. The molecule has 2 rings (SSSR count). The van der Waals surface area contributed by atoms with Gasteiger partial charge in [0.1, 0.15) is 18.1 Å². The molecule has 34 heavy (non-hydrogen) atoms. The van der Waals surface area contributed by atoms with Crippen LogP contribution in [0, 0.1) is 5.41 Å². The number of rotatable bonds is 13.